The zero-order chi connectivity index (χ0) is 56.3. The number of hydrogen-bond acceptors (Lipinski definition) is 2. The van der Waals surface area contributed by atoms with Crippen LogP contribution in [0, 0.1) is 0 Å². The second kappa shape index (κ2) is 19.8. The van der Waals surface area contributed by atoms with Gasteiger partial charge in [-0.05, 0) is 47.9 Å². The van der Waals surface area contributed by atoms with Crippen LogP contribution >= 0.6 is 12.6 Å². The fourth-order valence-corrected chi connectivity index (χ4v) is 8.09. The molecule has 0 N–H and O–H groups in total. The average molecular weight is 1120 g/mol. The number of rotatable bonds is 6. The monoisotopic (exact) mass is 1120 g/mol. The van der Waals surface area contributed by atoms with E-state index in [-0.39, 0.29) is 0 Å². The lowest BCUT2D eigenvalue weighted by Gasteiger charge is -2.46. The summed E-state index contributed by atoms with van der Waals surface area (Å²) in [7, 11) is 0. The molecule has 0 unspecified atom stereocenters. The van der Waals surface area contributed by atoms with Gasteiger partial charge in [0.2, 0.25) is 18.1 Å². The number of benzene rings is 6. The Morgan fingerprint density at radius 2 is 0.573 bits per heavy atom. The maximum Gasteiger partial charge on any atom is 0.416 e. The molecule has 0 radical (unpaired) electrons. The number of aromatic nitrogens is 1. The predicted molar refractivity (Wildman–Crippen MR) is 224 cm³/mol. The Labute approximate surface area is 410 Å². The third kappa shape index (κ3) is 13.0. The molecular formula is C47H24BF24NOS. The van der Waals surface area contributed by atoms with Crippen LogP contribution in [0.2, 0.25) is 0 Å². The largest absolute Gasteiger partial charge is 0.416 e. The van der Waals surface area contributed by atoms with Crippen molar-refractivity contribution in [3.05, 3.63) is 184 Å². The molecule has 0 aliphatic rings. The van der Waals surface area contributed by atoms with Crippen molar-refractivity contribution >= 4 is 51.4 Å². The van der Waals surface area contributed by atoms with Crippen LogP contribution in [0.25, 0.3) is 10.8 Å². The summed E-state index contributed by atoms with van der Waals surface area (Å²) >= 11 is 4.36. The molecule has 0 atom stereocenters. The van der Waals surface area contributed by atoms with Crippen LogP contribution in [-0.4, -0.2) is 6.15 Å². The molecule has 0 bridgehead atoms. The smallest absolute Gasteiger partial charge is 0.230 e. The maximum absolute atomic E-state index is 14.2. The van der Waals surface area contributed by atoms with E-state index in [4.69, 9.17) is 4.84 Å². The van der Waals surface area contributed by atoms with Gasteiger partial charge in [-0.15, -0.1) is 12.6 Å². The van der Waals surface area contributed by atoms with Gasteiger partial charge in [0.05, 0.1) is 54.8 Å². The first-order valence-corrected chi connectivity index (χ1v) is 20.8. The van der Waals surface area contributed by atoms with Gasteiger partial charge in [-0.1, -0.05) is 78.9 Å². The summed E-state index contributed by atoms with van der Waals surface area (Å²) in [5.41, 5.74) is -30.2. The molecule has 75 heavy (non-hydrogen) atoms. The molecule has 1 aromatic heterocycles. The molecule has 7 rings (SSSR count). The standard InChI is InChI=1S/C32H12BF24.C15H11NOS/c34-25(35,36)13-1-14(26(37,38)39)6-21(5-13)33(22-7-15(27(40,41)42)2-16(8-22)28(43,44)45,23-9-17(29(46,47)48)3-18(10-23)30(49,50)51)24-11-19(31(52,53)54)4-20(12-24)32(55,56)57;18-15-8-4-3-7-14(15)17-16-10-9-12-5-1-2-6-13(12)11-16/h1-12H;1-11H/q-1;/p+1. The number of halogens is 24. The number of nitrogens with zero attached hydrogens (tertiary/aromatic N) is 1. The maximum atomic E-state index is 14.2. The highest BCUT2D eigenvalue weighted by Crippen LogP contribution is 2.41. The average Bonchev–Trinajstić information content (AvgIpc) is 3.27. The first-order chi connectivity index (χ1) is 34.1. The Balaban J connectivity index is 0.000000421. The molecule has 0 spiro atoms. The quantitative estimate of drug-likeness (QED) is 0.0758. The van der Waals surface area contributed by atoms with Gasteiger partial charge >= 0.3 is 49.4 Å². The van der Waals surface area contributed by atoms with Crippen LogP contribution in [0.15, 0.2) is 145 Å². The molecule has 0 aliphatic heterocycles. The topological polar surface area (TPSA) is 13.1 Å². The summed E-state index contributed by atoms with van der Waals surface area (Å²) in [6.45, 7) is 0. The Kier molecular flexibility index (Phi) is 15.2. The molecule has 6 aromatic carbocycles. The highest BCUT2D eigenvalue weighted by Gasteiger charge is 2.47. The summed E-state index contributed by atoms with van der Waals surface area (Å²) < 4.78 is 343. The number of hydrogen-bond donors (Lipinski definition) is 1. The minimum absolute atomic E-state index is 0.691. The third-order valence-corrected chi connectivity index (χ3v) is 11.5. The number of alkyl halides is 24. The van der Waals surface area contributed by atoms with Crippen molar-refractivity contribution in [3.63, 3.8) is 0 Å². The molecule has 1 heterocycles. The van der Waals surface area contributed by atoms with Gasteiger partial charge in [0, 0.05) is 10.8 Å². The molecule has 0 fully saturated rings. The molecule has 400 valence electrons. The van der Waals surface area contributed by atoms with E-state index in [1.807, 2.05) is 54.9 Å². The molecular weight excluding hydrogens is 1090 g/mol. The van der Waals surface area contributed by atoms with Crippen LogP contribution < -0.4 is 31.4 Å². The fraction of sp³-hybridized carbons (Fsp3) is 0.170. The minimum atomic E-state index is -6.13. The van der Waals surface area contributed by atoms with Crippen molar-refractivity contribution in [3.8, 4) is 5.75 Å². The van der Waals surface area contributed by atoms with E-state index in [1.54, 1.807) is 4.73 Å². The lowest BCUT2D eigenvalue weighted by molar-refractivity contribution is -0.874. The molecule has 0 saturated carbocycles. The van der Waals surface area contributed by atoms with E-state index in [0.29, 0.717) is 0 Å². The molecule has 7 aromatic rings. The zero-order valence-corrected chi connectivity index (χ0v) is 37.1. The normalized spacial score (nSPS) is 13.4. The van der Waals surface area contributed by atoms with Crippen LogP contribution in [0.4, 0.5) is 105 Å². The zero-order valence-electron chi connectivity index (χ0n) is 36.2. The molecule has 2 nitrogen and oxygen atoms in total. The van der Waals surface area contributed by atoms with Crippen LogP contribution in [0.5, 0.6) is 5.75 Å². The highest BCUT2D eigenvalue weighted by atomic mass is 32.1. The van der Waals surface area contributed by atoms with Gasteiger partial charge in [0.1, 0.15) is 6.15 Å². The summed E-state index contributed by atoms with van der Waals surface area (Å²) in [4.78, 5) is 6.58. The van der Waals surface area contributed by atoms with Crippen LogP contribution in [0.1, 0.15) is 44.5 Å². The first kappa shape index (κ1) is 57.5. The summed E-state index contributed by atoms with van der Waals surface area (Å²) in [5, 5.41) is 2.33. The van der Waals surface area contributed by atoms with Gasteiger partial charge in [-0.25, -0.2) is 4.84 Å². The van der Waals surface area contributed by atoms with Crippen molar-refractivity contribution < 1.29 is 115 Å². The van der Waals surface area contributed by atoms with E-state index < -0.39 is 195 Å². The van der Waals surface area contributed by atoms with Gasteiger partial charge in [0.15, 0.2) is 0 Å². The Morgan fingerprint density at radius 3 is 0.840 bits per heavy atom. The Hall–Kier alpha value is -6.74. The second-order valence-electron chi connectivity index (χ2n) is 16.2. The van der Waals surface area contributed by atoms with E-state index in [1.165, 1.54) is 5.39 Å². The summed E-state index contributed by atoms with van der Waals surface area (Å²) in [6, 6.07) is 9.04. The van der Waals surface area contributed by atoms with E-state index in [9.17, 15) is 105 Å². The predicted octanol–water partition coefficient (Wildman–Crippen LogP) is 14.5. The van der Waals surface area contributed by atoms with Crippen molar-refractivity contribution in [1.29, 1.82) is 0 Å². The number of fused-ring (bicyclic) bond motifs is 1. The first-order valence-electron chi connectivity index (χ1n) is 20.3. The Morgan fingerprint density at radius 1 is 0.320 bits per heavy atom. The lowest BCUT2D eigenvalue weighted by atomic mass is 9.12. The Bertz CT molecular complexity index is 2780. The van der Waals surface area contributed by atoms with Crippen molar-refractivity contribution in [2.24, 2.45) is 0 Å². The fourth-order valence-electron chi connectivity index (χ4n) is 7.89. The third-order valence-electron chi connectivity index (χ3n) is 11.2. The van der Waals surface area contributed by atoms with E-state index >= 15 is 0 Å². The van der Waals surface area contributed by atoms with Crippen LogP contribution in [-0.2, 0) is 49.4 Å². The molecule has 0 aliphatic carbocycles. The summed E-state index contributed by atoms with van der Waals surface area (Å²) in [6.07, 6.45) is -51.0. The van der Waals surface area contributed by atoms with E-state index in [2.05, 4.69) is 24.8 Å². The highest BCUT2D eigenvalue weighted by molar-refractivity contribution is 7.80. The second-order valence-corrected chi connectivity index (χ2v) is 16.7. The van der Waals surface area contributed by atoms with Gasteiger partial charge in [-0.2, -0.15) is 127 Å². The van der Waals surface area contributed by atoms with E-state index in [0.717, 1.165) is 16.0 Å². The van der Waals surface area contributed by atoms with Gasteiger partial charge in [0.25, 0.3) is 0 Å². The van der Waals surface area contributed by atoms with Gasteiger partial charge in [-0.3, -0.25) is 0 Å². The number of thiol groups is 1. The molecule has 28 heteroatoms. The van der Waals surface area contributed by atoms with Crippen LogP contribution in [0.3, 0.4) is 0 Å². The van der Waals surface area contributed by atoms with Crippen molar-refractivity contribution in [2.45, 2.75) is 54.3 Å². The number of para-hydroxylation sites is 1. The van der Waals surface area contributed by atoms with Gasteiger partial charge < -0.3 is 0 Å². The minimum Gasteiger partial charge on any atom is -0.230 e. The summed E-state index contributed by atoms with van der Waals surface area (Å²) in [5.74, 6) is 0.737. The lowest BCUT2D eigenvalue weighted by Crippen LogP contribution is -2.75. The SMILES string of the molecule is FC(F)(F)c1cc([B-](c2cc(C(F)(F)F)cc(C(F)(F)F)c2)(c2cc(C(F)(F)F)cc(C(F)(F)F)c2)c2cc(C(F)(F)F)cc(C(F)(F)F)c2)cc(C(F)(F)F)c1.Sc1ccccc1O[n+]1ccc2ccccc2c1. The molecule has 0 saturated heterocycles. The molecule has 0 amide bonds. The van der Waals surface area contributed by atoms with Crippen molar-refractivity contribution in [1.82, 2.24) is 0 Å². The number of pyridine rings is 1. The van der Waals surface area contributed by atoms with Crippen molar-refractivity contribution in [2.75, 3.05) is 0 Å².